The van der Waals surface area contributed by atoms with Crippen molar-refractivity contribution in [2.24, 2.45) is 7.05 Å². The molecule has 0 radical (unpaired) electrons. The standard InChI is InChI=1S/C13H14F2N4O/c1-19-5-4-17-11(19)2-3-18-13(20)9-6-8(14)7-10(16)12(9)15/h4-7H,2-3,16H2,1H3,(H,18,20). The number of nitrogens with one attached hydrogen (secondary N) is 1. The van der Waals surface area contributed by atoms with Gasteiger partial charge in [-0.15, -0.1) is 0 Å². The van der Waals surface area contributed by atoms with Crippen LogP contribution >= 0.6 is 0 Å². The van der Waals surface area contributed by atoms with E-state index in [2.05, 4.69) is 10.3 Å². The van der Waals surface area contributed by atoms with Gasteiger partial charge in [0.25, 0.3) is 5.91 Å². The predicted molar refractivity (Wildman–Crippen MR) is 70.0 cm³/mol. The van der Waals surface area contributed by atoms with Gasteiger partial charge in [0.2, 0.25) is 0 Å². The molecule has 1 amide bonds. The van der Waals surface area contributed by atoms with Gasteiger partial charge in [0, 0.05) is 32.4 Å². The van der Waals surface area contributed by atoms with Gasteiger partial charge in [0.05, 0.1) is 11.3 Å². The number of amides is 1. The number of nitrogens with two attached hydrogens (primary N) is 1. The summed E-state index contributed by atoms with van der Waals surface area (Å²) in [6.07, 6.45) is 3.91. The van der Waals surface area contributed by atoms with E-state index in [1.807, 2.05) is 11.6 Å². The maximum Gasteiger partial charge on any atom is 0.254 e. The van der Waals surface area contributed by atoms with E-state index in [-0.39, 0.29) is 12.2 Å². The zero-order valence-electron chi connectivity index (χ0n) is 10.9. The zero-order chi connectivity index (χ0) is 14.7. The molecule has 7 heteroatoms. The van der Waals surface area contributed by atoms with Crippen molar-refractivity contribution in [2.75, 3.05) is 12.3 Å². The number of rotatable bonds is 4. The minimum atomic E-state index is -0.916. The molecule has 3 N–H and O–H groups in total. The van der Waals surface area contributed by atoms with Gasteiger partial charge in [-0.3, -0.25) is 4.79 Å². The Hall–Kier alpha value is -2.44. The molecule has 20 heavy (non-hydrogen) atoms. The highest BCUT2D eigenvalue weighted by Gasteiger charge is 2.15. The molecule has 2 aromatic rings. The normalized spacial score (nSPS) is 10.6. The molecule has 1 aromatic carbocycles. The van der Waals surface area contributed by atoms with Gasteiger partial charge in [-0.05, 0) is 12.1 Å². The third-order valence-electron chi connectivity index (χ3n) is 2.87. The summed E-state index contributed by atoms with van der Waals surface area (Å²) in [5, 5.41) is 2.51. The highest BCUT2D eigenvalue weighted by molar-refractivity contribution is 5.95. The quantitative estimate of drug-likeness (QED) is 0.828. The van der Waals surface area contributed by atoms with Crippen LogP contribution in [-0.4, -0.2) is 22.0 Å². The Labute approximate surface area is 114 Å². The molecular formula is C13H14F2N4O. The predicted octanol–water partition coefficient (Wildman–Crippen LogP) is 1.25. The van der Waals surface area contributed by atoms with Crippen LogP contribution in [0.4, 0.5) is 14.5 Å². The van der Waals surface area contributed by atoms with E-state index in [1.165, 1.54) is 0 Å². The number of carbonyl (C=O) groups is 1. The van der Waals surface area contributed by atoms with Gasteiger partial charge in [-0.1, -0.05) is 0 Å². The molecule has 0 bridgehead atoms. The van der Waals surface area contributed by atoms with Crippen LogP contribution in [0.1, 0.15) is 16.2 Å². The molecule has 0 atom stereocenters. The number of aryl methyl sites for hydroxylation is 1. The average Bonchev–Trinajstić information content (AvgIpc) is 2.79. The fourth-order valence-electron chi connectivity index (χ4n) is 1.80. The molecule has 0 aliphatic carbocycles. The monoisotopic (exact) mass is 280 g/mol. The number of halogens is 2. The summed E-state index contributed by atoms with van der Waals surface area (Å²) in [5.74, 6) is -1.59. The molecule has 0 spiro atoms. The molecule has 106 valence electrons. The van der Waals surface area contributed by atoms with E-state index in [0.29, 0.717) is 6.42 Å². The van der Waals surface area contributed by atoms with Gasteiger partial charge in [-0.25, -0.2) is 13.8 Å². The Balaban J connectivity index is 2.01. The van der Waals surface area contributed by atoms with Gasteiger partial charge in [0.15, 0.2) is 5.82 Å². The van der Waals surface area contributed by atoms with Crippen LogP contribution in [-0.2, 0) is 13.5 Å². The summed E-state index contributed by atoms with van der Waals surface area (Å²) in [4.78, 5) is 15.9. The van der Waals surface area contributed by atoms with Crippen molar-refractivity contribution in [1.29, 1.82) is 0 Å². The third-order valence-corrected chi connectivity index (χ3v) is 2.87. The second-order valence-corrected chi connectivity index (χ2v) is 4.32. The molecule has 0 aliphatic rings. The van der Waals surface area contributed by atoms with Crippen LogP contribution in [0, 0.1) is 11.6 Å². The summed E-state index contributed by atoms with van der Waals surface area (Å²) >= 11 is 0. The summed E-state index contributed by atoms with van der Waals surface area (Å²) in [7, 11) is 1.83. The van der Waals surface area contributed by atoms with Crippen LogP contribution in [0.5, 0.6) is 0 Å². The van der Waals surface area contributed by atoms with E-state index in [1.54, 1.807) is 12.4 Å². The smallest absolute Gasteiger partial charge is 0.254 e. The van der Waals surface area contributed by atoms with Crippen molar-refractivity contribution in [2.45, 2.75) is 6.42 Å². The number of aromatic nitrogens is 2. The molecule has 1 aromatic heterocycles. The minimum absolute atomic E-state index is 0.263. The summed E-state index contributed by atoms with van der Waals surface area (Å²) in [5.41, 5.74) is 4.49. The maximum absolute atomic E-state index is 13.6. The largest absolute Gasteiger partial charge is 0.396 e. The van der Waals surface area contributed by atoms with Crippen molar-refractivity contribution in [3.05, 3.63) is 47.5 Å². The summed E-state index contributed by atoms with van der Waals surface area (Å²) in [6.45, 7) is 0.263. The Bertz CT molecular complexity index is 639. The molecule has 2 rings (SSSR count). The summed E-state index contributed by atoms with van der Waals surface area (Å²) in [6, 6.07) is 1.65. The lowest BCUT2D eigenvalue weighted by Gasteiger charge is -2.08. The fourth-order valence-corrected chi connectivity index (χ4v) is 1.80. The Morgan fingerprint density at radius 1 is 1.45 bits per heavy atom. The molecule has 0 saturated carbocycles. The SMILES string of the molecule is Cn1ccnc1CCNC(=O)c1cc(F)cc(N)c1F. The van der Waals surface area contributed by atoms with E-state index in [0.717, 1.165) is 18.0 Å². The Kier molecular flexibility index (Phi) is 3.97. The van der Waals surface area contributed by atoms with Crippen LogP contribution in [0.15, 0.2) is 24.5 Å². The first-order valence-corrected chi connectivity index (χ1v) is 5.98. The molecule has 1 heterocycles. The van der Waals surface area contributed by atoms with Crippen LogP contribution in [0.2, 0.25) is 0 Å². The third kappa shape index (κ3) is 2.93. The van der Waals surface area contributed by atoms with Crippen molar-refractivity contribution < 1.29 is 13.6 Å². The number of hydrogen-bond acceptors (Lipinski definition) is 3. The number of anilines is 1. The number of benzene rings is 1. The van der Waals surface area contributed by atoms with Crippen LogP contribution in [0.25, 0.3) is 0 Å². The number of nitrogens with zero attached hydrogens (tertiary/aromatic N) is 2. The maximum atomic E-state index is 13.6. The highest BCUT2D eigenvalue weighted by Crippen LogP contribution is 2.17. The Morgan fingerprint density at radius 2 is 2.20 bits per heavy atom. The van der Waals surface area contributed by atoms with E-state index < -0.39 is 23.1 Å². The van der Waals surface area contributed by atoms with E-state index in [4.69, 9.17) is 5.73 Å². The molecule has 0 aliphatic heterocycles. The first-order valence-electron chi connectivity index (χ1n) is 5.98. The second kappa shape index (κ2) is 5.68. The number of carbonyl (C=O) groups excluding carboxylic acids is 1. The van der Waals surface area contributed by atoms with Gasteiger partial charge < -0.3 is 15.6 Å². The lowest BCUT2D eigenvalue weighted by molar-refractivity contribution is 0.0949. The van der Waals surface area contributed by atoms with Crippen molar-refractivity contribution >= 4 is 11.6 Å². The molecule has 0 fully saturated rings. The summed E-state index contributed by atoms with van der Waals surface area (Å²) < 4.78 is 28.6. The van der Waals surface area contributed by atoms with Crippen LogP contribution < -0.4 is 11.1 Å². The Morgan fingerprint density at radius 3 is 2.85 bits per heavy atom. The molecule has 5 nitrogen and oxygen atoms in total. The number of imidazole rings is 1. The number of nitrogen functional groups attached to an aromatic ring is 1. The lowest BCUT2D eigenvalue weighted by atomic mass is 10.1. The fraction of sp³-hybridized carbons (Fsp3) is 0.231. The van der Waals surface area contributed by atoms with E-state index in [9.17, 15) is 13.6 Å². The van der Waals surface area contributed by atoms with E-state index >= 15 is 0 Å². The first-order chi connectivity index (χ1) is 9.49. The van der Waals surface area contributed by atoms with Gasteiger partial charge >= 0.3 is 0 Å². The van der Waals surface area contributed by atoms with Gasteiger partial charge in [-0.2, -0.15) is 0 Å². The number of hydrogen-bond donors (Lipinski definition) is 2. The molecule has 0 saturated heterocycles. The topological polar surface area (TPSA) is 72.9 Å². The van der Waals surface area contributed by atoms with Gasteiger partial charge in [0.1, 0.15) is 11.6 Å². The molecular weight excluding hydrogens is 266 g/mol. The zero-order valence-corrected chi connectivity index (χ0v) is 10.9. The first kappa shape index (κ1) is 14.0. The second-order valence-electron chi connectivity index (χ2n) is 4.32. The van der Waals surface area contributed by atoms with Crippen molar-refractivity contribution in [3.8, 4) is 0 Å². The average molecular weight is 280 g/mol. The van der Waals surface area contributed by atoms with Crippen molar-refractivity contribution in [3.63, 3.8) is 0 Å². The highest BCUT2D eigenvalue weighted by atomic mass is 19.1. The minimum Gasteiger partial charge on any atom is -0.396 e. The molecule has 0 unspecified atom stereocenters. The van der Waals surface area contributed by atoms with Crippen molar-refractivity contribution in [1.82, 2.24) is 14.9 Å². The van der Waals surface area contributed by atoms with Crippen LogP contribution in [0.3, 0.4) is 0 Å². The lowest BCUT2D eigenvalue weighted by Crippen LogP contribution is -2.27.